The van der Waals surface area contributed by atoms with Crippen molar-refractivity contribution in [2.75, 3.05) is 20.1 Å². The smallest absolute Gasteiger partial charge is 0.00953 e. The molecule has 1 saturated carbocycles. The summed E-state index contributed by atoms with van der Waals surface area (Å²) in [4.78, 5) is 2.78. The molecule has 0 aromatic rings. The lowest BCUT2D eigenvalue weighted by Gasteiger charge is -2.31. The molecule has 0 bridgehead atoms. The Hall–Kier alpha value is -0.0800. The third-order valence-electron chi connectivity index (χ3n) is 4.34. The molecule has 0 aromatic heterocycles. The molecule has 1 atom stereocenters. The molecule has 0 aromatic carbocycles. The minimum atomic E-state index is 0.717. The van der Waals surface area contributed by atoms with Crippen LogP contribution in [-0.2, 0) is 0 Å². The van der Waals surface area contributed by atoms with Gasteiger partial charge in [-0.3, -0.25) is 0 Å². The quantitative estimate of drug-likeness (QED) is 0.675. The molecule has 0 spiro atoms. The molecule has 1 unspecified atom stereocenters. The van der Waals surface area contributed by atoms with Crippen LogP contribution in [0.4, 0.5) is 0 Å². The highest BCUT2D eigenvalue weighted by atomic mass is 15.2. The summed E-state index contributed by atoms with van der Waals surface area (Å²) in [6.45, 7) is 9.58. The van der Waals surface area contributed by atoms with Crippen LogP contribution >= 0.6 is 0 Å². The predicted octanol–water partition coefficient (Wildman–Crippen LogP) is 3.67. The largest absolute Gasteiger partial charge is 0.317 e. The molecule has 1 fully saturated rings. The fourth-order valence-corrected chi connectivity index (χ4v) is 3.25. The van der Waals surface area contributed by atoms with E-state index >= 15 is 0 Å². The zero-order chi connectivity index (χ0) is 13.4. The molecule has 2 nitrogen and oxygen atoms in total. The lowest BCUT2D eigenvalue weighted by atomic mass is 10.1. The molecule has 2 heteroatoms. The van der Waals surface area contributed by atoms with Crippen LogP contribution in [0.15, 0.2) is 0 Å². The SMILES string of the molecule is CCC(CCCN(CC(C)C)C1CCCC1)NC. The normalized spacial score (nSPS) is 19.0. The van der Waals surface area contributed by atoms with Gasteiger partial charge >= 0.3 is 0 Å². The van der Waals surface area contributed by atoms with Gasteiger partial charge in [-0.25, -0.2) is 0 Å². The second-order valence-electron chi connectivity index (χ2n) is 6.36. The van der Waals surface area contributed by atoms with E-state index in [-0.39, 0.29) is 0 Å². The van der Waals surface area contributed by atoms with Crippen LogP contribution in [0.1, 0.15) is 65.7 Å². The Balaban J connectivity index is 2.31. The Bertz CT molecular complexity index is 193. The summed E-state index contributed by atoms with van der Waals surface area (Å²) in [6, 6.07) is 1.61. The van der Waals surface area contributed by atoms with Crippen LogP contribution in [0.5, 0.6) is 0 Å². The first-order chi connectivity index (χ1) is 8.67. The Labute approximate surface area is 115 Å². The molecule has 18 heavy (non-hydrogen) atoms. The highest BCUT2D eigenvalue weighted by Gasteiger charge is 2.22. The molecule has 0 heterocycles. The predicted molar refractivity (Wildman–Crippen MR) is 81.0 cm³/mol. The van der Waals surface area contributed by atoms with Crippen molar-refractivity contribution in [3.8, 4) is 0 Å². The summed E-state index contributed by atoms with van der Waals surface area (Å²) in [7, 11) is 2.09. The van der Waals surface area contributed by atoms with Gasteiger partial charge < -0.3 is 10.2 Å². The Morgan fingerprint density at radius 1 is 1.22 bits per heavy atom. The first-order valence-electron chi connectivity index (χ1n) is 8.08. The van der Waals surface area contributed by atoms with Gasteiger partial charge in [0.15, 0.2) is 0 Å². The minimum Gasteiger partial charge on any atom is -0.317 e. The fourth-order valence-electron chi connectivity index (χ4n) is 3.25. The molecule has 0 saturated heterocycles. The Morgan fingerprint density at radius 3 is 2.39 bits per heavy atom. The van der Waals surface area contributed by atoms with Gasteiger partial charge in [0.05, 0.1) is 0 Å². The molecular formula is C16H34N2. The van der Waals surface area contributed by atoms with E-state index in [0.717, 1.165) is 18.0 Å². The zero-order valence-corrected chi connectivity index (χ0v) is 13.0. The van der Waals surface area contributed by atoms with Crippen molar-refractivity contribution in [1.29, 1.82) is 0 Å². The molecule has 108 valence electrons. The maximum Gasteiger partial charge on any atom is 0.00953 e. The van der Waals surface area contributed by atoms with Crippen LogP contribution in [0.2, 0.25) is 0 Å². The van der Waals surface area contributed by atoms with Gasteiger partial charge in [0.1, 0.15) is 0 Å². The Kier molecular flexibility index (Phi) is 7.92. The van der Waals surface area contributed by atoms with Crippen molar-refractivity contribution in [3.05, 3.63) is 0 Å². The number of nitrogens with zero attached hydrogens (tertiary/aromatic N) is 1. The average molecular weight is 254 g/mol. The van der Waals surface area contributed by atoms with Crippen molar-refractivity contribution in [2.24, 2.45) is 5.92 Å². The van der Waals surface area contributed by atoms with E-state index < -0.39 is 0 Å². The van der Waals surface area contributed by atoms with Gasteiger partial charge in [0.25, 0.3) is 0 Å². The molecule has 0 aliphatic heterocycles. The average Bonchev–Trinajstić information content (AvgIpc) is 2.86. The zero-order valence-electron chi connectivity index (χ0n) is 13.0. The third kappa shape index (κ3) is 5.71. The van der Waals surface area contributed by atoms with Crippen LogP contribution in [0, 0.1) is 5.92 Å². The van der Waals surface area contributed by atoms with Gasteiger partial charge in [-0.2, -0.15) is 0 Å². The topological polar surface area (TPSA) is 15.3 Å². The van der Waals surface area contributed by atoms with Crippen LogP contribution in [0.25, 0.3) is 0 Å². The summed E-state index contributed by atoms with van der Waals surface area (Å²) in [6.07, 6.45) is 9.72. The van der Waals surface area contributed by atoms with Crippen molar-refractivity contribution in [1.82, 2.24) is 10.2 Å². The van der Waals surface area contributed by atoms with Crippen molar-refractivity contribution in [2.45, 2.75) is 77.8 Å². The van der Waals surface area contributed by atoms with Crippen LogP contribution in [-0.4, -0.2) is 37.1 Å². The van der Waals surface area contributed by atoms with Crippen molar-refractivity contribution in [3.63, 3.8) is 0 Å². The maximum atomic E-state index is 3.42. The second-order valence-corrected chi connectivity index (χ2v) is 6.36. The first-order valence-corrected chi connectivity index (χ1v) is 8.08. The summed E-state index contributed by atoms with van der Waals surface area (Å²) < 4.78 is 0. The van der Waals surface area contributed by atoms with E-state index in [1.54, 1.807) is 0 Å². The standard InChI is InChI=1S/C16H34N2/c1-5-15(17-4)9-8-12-18(13-14(2)3)16-10-6-7-11-16/h14-17H,5-13H2,1-4H3. The minimum absolute atomic E-state index is 0.717. The monoisotopic (exact) mass is 254 g/mol. The van der Waals surface area contributed by atoms with E-state index in [4.69, 9.17) is 0 Å². The highest BCUT2D eigenvalue weighted by molar-refractivity contribution is 4.78. The second kappa shape index (κ2) is 8.92. The number of hydrogen-bond acceptors (Lipinski definition) is 2. The summed E-state index contributed by atoms with van der Waals surface area (Å²) in [5.74, 6) is 0.803. The summed E-state index contributed by atoms with van der Waals surface area (Å²) in [5, 5.41) is 3.42. The molecular weight excluding hydrogens is 220 g/mol. The van der Waals surface area contributed by atoms with Crippen LogP contribution in [0.3, 0.4) is 0 Å². The molecule has 0 amide bonds. The summed E-state index contributed by atoms with van der Waals surface area (Å²) >= 11 is 0. The van der Waals surface area contributed by atoms with Gasteiger partial charge in [0.2, 0.25) is 0 Å². The van der Waals surface area contributed by atoms with Crippen LogP contribution < -0.4 is 5.32 Å². The number of nitrogens with one attached hydrogen (secondary N) is 1. The van der Waals surface area contributed by atoms with Crippen molar-refractivity contribution < 1.29 is 0 Å². The van der Waals surface area contributed by atoms with E-state index in [1.165, 1.54) is 58.0 Å². The van der Waals surface area contributed by atoms with Gasteiger partial charge in [-0.1, -0.05) is 33.6 Å². The molecule has 1 aliphatic rings. The van der Waals surface area contributed by atoms with Gasteiger partial charge in [0, 0.05) is 18.6 Å². The molecule has 1 N–H and O–H groups in total. The summed E-state index contributed by atoms with van der Waals surface area (Å²) in [5.41, 5.74) is 0. The number of rotatable bonds is 9. The van der Waals surface area contributed by atoms with E-state index in [9.17, 15) is 0 Å². The van der Waals surface area contributed by atoms with E-state index in [1.807, 2.05) is 0 Å². The first kappa shape index (κ1) is 16.0. The van der Waals surface area contributed by atoms with E-state index in [0.29, 0.717) is 0 Å². The molecule has 1 rings (SSSR count). The molecule has 0 radical (unpaired) electrons. The lowest BCUT2D eigenvalue weighted by Crippen LogP contribution is -2.37. The van der Waals surface area contributed by atoms with Gasteiger partial charge in [-0.05, 0) is 51.6 Å². The van der Waals surface area contributed by atoms with Crippen molar-refractivity contribution >= 4 is 0 Å². The number of hydrogen-bond donors (Lipinski definition) is 1. The molecule has 1 aliphatic carbocycles. The maximum absolute atomic E-state index is 3.42. The third-order valence-corrected chi connectivity index (χ3v) is 4.34. The fraction of sp³-hybridized carbons (Fsp3) is 1.00. The lowest BCUT2D eigenvalue weighted by molar-refractivity contribution is 0.172. The Morgan fingerprint density at radius 2 is 1.89 bits per heavy atom. The van der Waals surface area contributed by atoms with Gasteiger partial charge in [-0.15, -0.1) is 0 Å². The van der Waals surface area contributed by atoms with E-state index in [2.05, 4.69) is 38.0 Å². The highest BCUT2D eigenvalue weighted by Crippen LogP contribution is 2.24.